The zero-order chi connectivity index (χ0) is 35.8. The minimum Gasteiger partial charge on any atom is -0.444 e. The molecular weight excluding hydrogens is 670 g/mol. The number of oxime groups is 1. The van der Waals surface area contributed by atoms with Gasteiger partial charge in [-0.2, -0.15) is 0 Å². The standard InChI is InChI=1S/C36H49Cl2FN4O4Si/c1-21-12-11-13-25(22(21)2)29-28(37)19-26-31(27(20-40-45)33(38)42-32(26)30(29)39)41-23-14-16-43(34(44)47-35(3,4)5)24(18-23)15-17-46-48(9,10)36(6,7)8/h11-13,19-20,23-24,45H,14-18H2,1-10H3,(H,41,42)/b40-20+/t23-,24+/m0/s1. The number of nitrogens with zero attached hydrogens (tertiary/aromatic N) is 3. The van der Waals surface area contributed by atoms with Crippen LogP contribution in [0.15, 0.2) is 29.4 Å². The first-order valence-corrected chi connectivity index (χ1v) is 20.1. The average Bonchev–Trinajstić information content (AvgIpc) is 2.96. The van der Waals surface area contributed by atoms with Crippen molar-refractivity contribution in [1.82, 2.24) is 9.88 Å². The Kier molecular flexibility index (Phi) is 11.5. The molecule has 0 spiro atoms. The smallest absolute Gasteiger partial charge is 0.410 e. The molecule has 48 heavy (non-hydrogen) atoms. The van der Waals surface area contributed by atoms with Gasteiger partial charge in [0.25, 0.3) is 0 Å². The monoisotopic (exact) mass is 718 g/mol. The quantitative estimate of drug-likeness (QED) is 0.0791. The molecule has 1 amide bonds. The van der Waals surface area contributed by atoms with E-state index in [1.54, 1.807) is 11.0 Å². The highest BCUT2D eigenvalue weighted by molar-refractivity contribution is 6.74. The van der Waals surface area contributed by atoms with Crippen molar-refractivity contribution < 1.29 is 23.6 Å². The summed E-state index contributed by atoms with van der Waals surface area (Å²) in [5.41, 5.74) is 2.99. The number of hydrogen-bond acceptors (Lipinski definition) is 7. The van der Waals surface area contributed by atoms with E-state index in [1.165, 1.54) is 6.21 Å². The fourth-order valence-corrected chi connectivity index (χ4v) is 7.39. The van der Waals surface area contributed by atoms with Crippen LogP contribution in [-0.2, 0) is 9.16 Å². The number of hydrogen-bond donors (Lipinski definition) is 2. The van der Waals surface area contributed by atoms with Crippen LogP contribution in [0.4, 0.5) is 14.9 Å². The lowest BCUT2D eigenvalue weighted by Crippen LogP contribution is -2.51. The normalized spacial score (nSPS) is 17.7. The molecule has 262 valence electrons. The second kappa shape index (κ2) is 14.5. The number of anilines is 1. The highest BCUT2D eigenvalue weighted by atomic mass is 35.5. The van der Waals surface area contributed by atoms with Crippen molar-refractivity contribution in [3.63, 3.8) is 0 Å². The van der Waals surface area contributed by atoms with E-state index in [2.05, 4.69) is 49.3 Å². The van der Waals surface area contributed by atoms with E-state index in [9.17, 15) is 10.0 Å². The van der Waals surface area contributed by atoms with Crippen LogP contribution in [0.2, 0.25) is 28.3 Å². The van der Waals surface area contributed by atoms with E-state index in [-0.39, 0.29) is 44.5 Å². The van der Waals surface area contributed by atoms with Crippen molar-refractivity contribution in [3.8, 4) is 11.1 Å². The molecule has 1 saturated heterocycles. The molecule has 0 saturated carbocycles. The summed E-state index contributed by atoms with van der Waals surface area (Å²) in [6, 6.07) is 6.99. The van der Waals surface area contributed by atoms with Gasteiger partial charge in [-0.05, 0) is 94.8 Å². The number of carbonyl (C=O) groups is 1. The maximum Gasteiger partial charge on any atom is 0.410 e. The van der Waals surface area contributed by atoms with Crippen LogP contribution in [0.5, 0.6) is 0 Å². The van der Waals surface area contributed by atoms with Crippen LogP contribution in [0, 0.1) is 19.7 Å². The van der Waals surface area contributed by atoms with Crippen molar-refractivity contribution in [2.45, 2.75) is 110 Å². The summed E-state index contributed by atoms with van der Waals surface area (Å²) in [5, 5.41) is 17.0. The predicted octanol–water partition coefficient (Wildman–Crippen LogP) is 10.4. The molecule has 2 aromatic carbocycles. The molecule has 0 radical (unpaired) electrons. The Hall–Kier alpha value is -2.92. The average molecular weight is 720 g/mol. The number of likely N-dealkylation sites (tertiary alicyclic amines) is 1. The summed E-state index contributed by atoms with van der Waals surface area (Å²) in [7, 11) is -2.01. The van der Waals surface area contributed by atoms with E-state index in [1.807, 2.05) is 52.8 Å². The molecule has 1 aliphatic heterocycles. The number of piperidine rings is 1. The predicted molar refractivity (Wildman–Crippen MR) is 197 cm³/mol. The third-order valence-corrected chi connectivity index (χ3v) is 14.8. The first-order chi connectivity index (χ1) is 22.3. The van der Waals surface area contributed by atoms with Crippen molar-refractivity contribution in [2.75, 3.05) is 18.5 Å². The van der Waals surface area contributed by atoms with Crippen LogP contribution >= 0.6 is 23.2 Å². The van der Waals surface area contributed by atoms with E-state index in [0.29, 0.717) is 54.6 Å². The van der Waals surface area contributed by atoms with Gasteiger partial charge in [0.1, 0.15) is 16.3 Å². The minimum atomic E-state index is -2.01. The van der Waals surface area contributed by atoms with Gasteiger partial charge >= 0.3 is 6.09 Å². The van der Waals surface area contributed by atoms with Gasteiger partial charge in [-0.25, -0.2) is 14.2 Å². The number of nitrogens with one attached hydrogen (secondary N) is 1. The van der Waals surface area contributed by atoms with Crippen LogP contribution in [0.1, 0.15) is 77.5 Å². The van der Waals surface area contributed by atoms with Gasteiger partial charge in [-0.15, -0.1) is 0 Å². The van der Waals surface area contributed by atoms with Gasteiger partial charge in [0.15, 0.2) is 14.1 Å². The number of pyridine rings is 1. The molecule has 0 unspecified atom stereocenters. The Labute approximate surface area is 295 Å². The molecule has 12 heteroatoms. The molecule has 2 heterocycles. The molecule has 4 rings (SSSR count). The second-order valence-corrected chi connectivity index (χ2v) is 20.8. The lowest BCUT2D eigenvalue weighted by Gasteiger charge is -2.42. The highest BCUT2D eigenvalue weighted by Gasteiger charge is 2.39. The van der Waals surface area contributed by atoms with E-state index < -0.39 is 19.7 Å². The number of fused-ring (bicyclic) bond motifs is 1. The van der Waals surface area contributed by atoms with Gasteiger partial charge in [0, 0.05) is 36.2 Å². The molecular formula is C36H49Cl2FN4O4Si. The number of carbonyl (C=O) groups excluding carboxylic acids is 1. The number of amides is 1. The second-order valence-electron chi connectivity index (χ2n) is 15.2. The third-order valence-electron chi connectivity index (χ3n) is 9.64. The van der Waals surface area contributed by atoms with E-state index in [4.69, 9.17) is 32.4 Å². The largest absolute Gasteiger partial charge is 0.444 e. The van der Waals surface area contributed by atoms with Gasteiger partial charge in [-0.3, -0.25) is 0 Å². The zero-order valence-electron chi connectivity index (χ0n) is 29.7. The Balaban J connectivity index is 1.73. The summed E-state index contributed by atoms with van der Waals surface area (Å²) in [6.45, 7) is 21.4. The SMILES string of the molecule is Cc1cccc(-c2c(Cl)cc3c(N[C@H]4CCN(C(=O)OC(C)(C)C)[C@H](CCO[Si](C)(C)C(C)(C)C)C4)c(/C=N/O)c(Cl)nc3c2F)c1C. The van der Waals surface area contributed by atoms with Crippen molar-refractivity contribution in [2.24, 2.45) is 5.16 Å². The number of ether oxygens (including phenoxy) is 1. The topological polar surface area (TPSA) is 96.3 Å². The maximum atomic E-state index is 16.5. The molecule has 0 bridgehead atoms. The molecule has 1 aliphatic rings. The molecule has 1 aromatic heterocycles. The summed E-state index contributed by atoms with van der Waals surface area (Å²) >= 11 is 13.5. The fourth-order valence-electron chi connectivity index (χ4n) is 5.80. The highest BCUT2D eigenvalue weighted by Crippen LogP contribution is 2.42. The summed E-state index contributed by atoms with van der Waals surface area (Å²) in [5.74, 6) is -0.593. The van der Waals surface area contributed by atoms with Gasteiger partial charge in [0.05, 0.1) is 22.5 Å². The van der Waals surface area contributed by atoms with Crippen LogP contribution in [-0.4, -0.2) is 66.6 Å². The lowest BCUT2D eigenvalue weighted by atomic mass is 9.93. The fraction of sp³-hybridized carbons (Fsp3) is 0.528. The van der Waals surface area contributed by atoms with E-state index in [0.717, 1.165) is 11.1 Å². The number of aromatic nitrogens is 1. The summed E-state index contributed by atoms with van der Waals surface area (Å²) in [6.07, 6.45) is 2.58. The van der Waals surface area contributed by atoms with E-state index >= 15 is 4.39 Å². The Morgan fingerprint density at radius 1 is 1.21 bits per heavy atom. The molecule has 8 nitrogen and oxygen atoms in total. The lowest BCUT2D eigenvalue weighted by molar-refractivity contribution is 0.00624. The molecule has 1 fully saturated rings. The van der Waals surface area contributed by atoms with Crippen molar-refractivity contribution in [3.05, 3.63) is 56.9 Å². The number of aryl methyl sites for hydroxylation is 1. The maximum absolute atomic E-state index is 16.5. The molecule has 3 aromatic rings. The number of halogens is 3. The first kappa shape index (κ1) is 37.9. The van der Waals surface area contributed by atoms with Gasteiger partial charge < -0.3 is 24.6 Å². The molecule has 0 aliphatic carbocycles. The third kappa shape index (κ3) is 8.26. The first-order valence-electron chi connectivity index (χ1n) is 16.4. The van der Waals surface area contributed by atoms with Gasteiger partial charge in [0.2, 0.25) is 0 Å². The molecule has 2 atom stereocenters. The Morgan fingerprint density at radius 3 is 2.52 bits per heavy atom. The Bertz CT molecular complexity index is 1700. The van der Waals surface area contributed by atoms with Crippen molar-refractivity contribution >= 4 is 60.4 Å². The molecule has 2 N–H and O–H groups in total. The van der Waals surface area contributed by atoms with Crippen molar-refractivity contribution in [1.29, 1.82) is 0 Å². The number of rotatable bonds is 8. The zero-order valence-corrected chi connectivity index (χ0v) is 32.2. The van der Waals surface area contributed by atoms with Crippen LogP contribution < -0.4 is 5.32 Å². The minimum absolute atomic E-state index is 0.0264. The van der Waals surface area contributed by atoms with Gasteiger partial charge in [-0.1, -0.05) is 67.3 Å². The van der Waals surface area contributed by atoms with Crippen LogP contribution in [0.3, 0.4) is 0 Å². The summed E-state index contributed by atoms with van der Waals surface area (Å²) < 4.78 is 28.7. The summed E-state index contributed by atoms with van der Waals surface area (Å²) in [4.78, 5) is 19.6. The number of benzene rings is 2. The Morgan fingerprint density at radius 2 is 1.90 bits per heavy atom. The van der Waals surface area contributed by atoms with Crippen LogP contribution in [0.25, 0.3) is 22.0 Å².